The summed E-state index contributed by atoms with van der Waals surface area (Å²) in [4.78, 5) is 30.7. The molecule has 0 fully saturated rings. The molecule has 0 aromatic carbocycles. The van der Waals surface area contributed by atoms with E-state index in [0.29, 0.717) is 12.2 Å². The highest BCUT2D eigenvalue weighted by Gasteiger charge is 2.32. The van der Waals surface area contributed by atoms with E-state index in [-0.39, 0.29) is 12.7 Å². The van der Waals surface area contributed by atoms with E-state index < -0.39 is 23.5 Å². The minimum Gasteiger partial charge on any atom is -0.480 e. The van der Waals surface area contributed by atoms with E-state index in [9.17, 15) is 14.4 Å². The number of carbonyl (C=O) groups excluding carboxylic acids is 1. The maximum absolute atomic E-state index is 10.4. The molecule has 0 amide bonds. The Balaban J connectivity index is 0. The van der Waals surface area contributed by atoms with E-state index in [1.165, 1.54) is 11.8 Å². The molecular weight excluding hydrogens is 304 g/mol. The van der Waals surface area contributed by atoms with Crippen LogP contribution in [0.2, 0.25) is 0 Å². The summed E-state index contributed by atoms with van der Waals surface area (Å²) in [6.07, 6.45) is 4.76. The van der Waals surface area contributed by atoms with E-state index in [1.807, 2.05) is 12.5 Å². The first-order valence-corrected chi connectivity index (χ1v) is 8.48. The molecule has 6 N–H and O–H groups in total. The molecule has 0 spiro atoms. The van der Waals surface area contributed by atoms with Crippen LogP contribution in [0.5, 0.6) is 0 Å². The Labute approximate surface area is 126 Å². The number of carboxylic acids is 2. The van der Waals surface area contributed by atoms with E-state index in [4.69, 9.17) is 21.7 Å². The zero-order valence-corrected chi connectivity index (χ0v) is 13.2. The molecule has 2 unspecified atom stereocenters. The number of rotatable bonds is 9. The summed E-state index contributed by atoms with van der Waals surface area (Å²) in [5.41, 5.74) is 8.74. The Morgan fingerprint density at radius 3 is 2.05 bits per heavy atom. The van der Waals surface area contributed by atoms with Gasteiger partial charge in [-0.05, 0) is 36.9 Å². The van der Waals surface area contributed by atoms with Crippen molar-refractivity contribution in [2.45, 2.75) is 24.4 Å². The van der Waals surface area contributed by atoms with E-state index >= 15 is 0 Å². The van der Waals surface area contributed by atoms with Crippen molar-refractivity contribution >= 4 is 41.7 Å². The molecular formula is C11H22N2O5S2. The molecule has 0 saturated carbocycles. The minimum atomic E-state index is -1.69. The van der Waals surface area contributed by atoms with Crippen LogP contribution in [0.3, 0.4) is 0 Å². The van der Waals surface area contributed by atoms with Crippen LogP contribution in [-0.4, -0.2) is 64.0 Å². The molecule has 0 aliphatic rings. The second kappa shape index (κ2) is 12.0. The smallest absolute Gasteiger partial charge is 0.331 e. The quantitative estimate of drug-likeness (QED) is 0.336. The van der Waals surface area contributed by atoms with Gasteiger partial charge in [-0.1, -0.05) is 0 Å². The number of hydrogen-bond acceptors (Lipinski definition) is 7. The van der Waals surface area contributed by atoms with Gasteiger partial charge in [0.25, 0.3) is 0 Å². The van der Waals surface area contributed by atoms with Crippen LogP contribution in [0, 0.1) is 0 Å². The van der Waals surface area contributed by atoms with Crippen LogP contribution in [0.15, 0.2) is 0 Å². The van der Waals surface area contributed by atoms with Crippen molar-refractivity contribution in [3.63, 3.8) is 0 Å². The Bertz CT molecular complexity index is 317. The molecule has 9 heteroatoms. The van der Waals surface area contributed by atoms with Gasteiger partial charge >= 0.3 is 11.9 Å². The number of aliphatic carboxylic acids is 2. The third-order valence-corrected chi connectivity index (χ3v) is 3.53. The van der Waals surface area contributed by atoms with Gasteiger partial charge in [-0.25, -0.2) is 4.79 Å². The Morgan fingerprint density at radius 1 is 1.25 bits per heavy atom. The van der Waals surface area contributed by atoms with Gasteiger partial charge in [0.1, 0.15) is 6.04 Å². The summed E-state index contributed by atoms with van der Waals surface area (Å²) in [6.45, 7) is 0. The first kappa shape index (κ1) is 21.5. The van der Waals surface area contributed by atoms with Crippen LogP contribution in [-0.2, 0) is 14.4 Å². The lowest BCUT2D eigenvalue weighted by molar-refractivity contribution is -0.145. The lowest BCUT2D eigenvalue weighted by atomic mass is 10.0. The summed E-state index contributed by atoms with van der Waals surface area (Å²) in [5.74, 6) is -0.791. The van der Waals surface area contributed by atoms with Crippen molar-refractivity contribution in [1.29, 1.82) is 0 Å². The Morgan fingerprint density at radius 2 is 1.75 bits per heavy atom. The van der Waals surface area contributed by atoms with Gasteiger partial charge in [0.2, 0.25) is 0 Å². The van der Waals surface area contributed by atoms with E-state index in [2.05, 4.69) is 0 Å². The average molecular weight is 326 g/mol. The third kappa shape index (κ3) is 10.1. The Kier molecular flexibility index (Phi) is 12.9. The first-order chi connectivity index (χ1) is 9.25. The number of thioether (sulfide) groups is 2. The van der Waals surface area contributed by atoms with Crippen molar-refractivity contribution in [2.75, 3.05) is 24.0 Å². The summed E-state index contributed by atoms with van der Waals surface area (Å²) < 4.78 is 0. The molecule has 0 saturated heterocycles. The van der Waals surface area contributed by atoms with Crippen LogP contribution < -0.4 is 11.5 Å². The standard InChI is InChI=1S/C6H11NO3S.C5H11NO2S/c1-11-3-2-6(7,4-8)5(9)10;1-9-3-2-4(6)5(7)8/h4H,2-3,7H2,1H3,(H,9,10);4H,2-3,6H2,1H3,(H,7,8). The van der Waals surface area contributed by atoms with Crippen LogP contribution >= 0.6 is 23.5 Å². The van der Waals surface area contributed by atoms with E-state index in [0.717, 1.165) is 5.75 Å². The van der Waals surface area contributed by atoms with Gasteiger partial charge in [0, 0.05) is 0 Å². The summed E-state index contributed by atoms with van der Waals surface area (Å²) >= 11 is 3.06. The van der Waals surface area contributed by atoms with Crippen molar-refractivity contribution in [1.82, 2.24) is 0 Å². The largest absolute Gasteiger partial charge is 0.480 e. The highest BCUT2D eigenvalue weighted by molar-refractivity contribution is 7.98. The lowest BCUT2D eigenvalue weighted by Gasteiger charge is -2.15. The van der Waals surface area contributed by atoms with Crippen molar-refractivity contribution < 1.29 is 24.6 Å². The molecule has 20 heavy (non-hydrogen) atoms. The highest BCUT2D eigenvalue weighted by atomic mass is 32.2. The summed E-state index contributed by atoms with van der Waals surface area (Å²) in [6, 6.07) is -0.683. The highest BCUT2D eigenvalue weighted by Crippen LogP contribution is 2.07. The van der Waals surface area contributed by atoms with Crippen LogP contribution in [0.4, 0.5) is 0 Å². The molecule has 0 radical (unpaired) electrons. The number of nitrogens with two attached hydrogens (primary N) is 2. The normalized spacial score (nSPS) is 14.4. The minimum absolute atomic E-state index is 0.174. The average Bonchev–Trinajstić information content (AvgIpc) is 2.42. The topological polar surface area (TPSA) is 144 Å². The molecule has 0 rings (SSSR count). The van der Waals surface area contributed by atoms with Gasteiger partial charge < -0.3 is 26.5 Å². The lowest BCUT2D eigenvalue weighted by Crippen LogP contribution is -2.50. The summed E-state index contributed by atoms with van der Waals surface area (Å²) in [5, 5.41) is 16.8. The SMILES string of the molecule is CSCCC(N)(C=O)C(=O)O.CSCCC(N)C(=O)O. The summed E-state index contributed by atoms with van der Waals surface area (Å²) in [7, 11) is 0. The monoisotopic (exact) mass is 326 g/mol. The van der Waals surface area contributed by atoms with Crippen LogP contribution in [0.1, 0.15) is 12.8 Å². The van der Waals surface area contributed by atoms with Crippen molar-refractivity contribution in [3.05, 3.63) is 0 Å². The van der Waals surface area contributed by atoms with E-state index in [1.54, 1.807) is 11.8 Å². The molecule has 0 heterocycles. The fourth-order valence-corrected chi connectivity index (χ4v) is 1.89. The number of aldehydes is 1. The fourth-order valence-electron chi connectivity index (χ4n) is 0.856. The van der Waals surface area contributed by atoms with Gasteiger partial charge in [-0.15, -0.1) is 0 Å². The number of hydrogen-bond donors (Lipinski definition) is 4. The molecule has 0 aliphatic heterocycles. The molecule has 0 aromatic rings. The van der Waals surface area contributed by atoms with Gasteiger partial charge in [-0.3, -0.25) is 4.79 Å². The second-order valence-electron chi connectivity index (χ2n) is 3.93. The number of carbonyl (C=O) groups is 3. The van der Waals surface area contributed by atoms with Gasteiger partial charge in [0.05, 0.1) is 0 Å². The molecule has 0 aromatic heterocycles. The Hall–Kier alpha value is -0.770. The first-order valence-electron chi connectivity index (χ1n) is 5.70. The maximum Gasteiger partial charge on any atom is 0.331 e. The zero-order chi connectivity index (χ0) is 16.2. The van der Waals surface area contributed by atoms with Gasteiger partial charge in [0.15, 0.2) is 11.8 Å². The number of carboxylic acid groups (broad SMARTS) is 2. The van der Waals surface area contributed by atoms with Gasteiger partial charge in [-0.2, -0.15) is 23.5 Å². The molecule has 7 nitrogen and oxygen atoms in total. The van der Waals surface area contributed by atoms with Crippen LogP contribution in [0.25, 0.3) is 0 Å². The fraction of sp³-hybridized carbons (Fsp3) is 0.727. The molecule has 0 bridgehead atoms. The zero-order valence-electron chi connectivity index (χ0n) is 11.6. The molecule has 0 aliphatic carbocycles. The predicted molar refractivity (Wildman–Crippen MR) is 82.2 cm³/mol. The third-order valence-electron chi connectivity index (χ3n) is 2.28. The predicted octanol–water partition coefficient (Wildman–Crippen LogP) is -0.128. The molecule has 118 valence electrons. The maximum atomic E-state index is 10.4. The van der Waals surface area contributed by atoms with Crippen molar-refractivity contribution in [2.24, 2.45) is 11.5 Å². The molecule has 2 atom stereocenters. The van der Waals surface area contributed by atoms with Crippen molar-refractivity contribution in [3.8, 4) is 0 Å². The second-order valence-corrected chi connectivity index (χ2v) is 5.90.